The number of rotatable bonds is 5. The number of nitrogens with zero attached hydrogens (tertiary/aromatic N) is 3. The van der Waals surface area contributed by atoms with Gasteiger partial charge in [0.1, 0.15) is 17.0 Å². The molecule has 1 amide bonds. The van der Waals surface area contributed by atoms with Crippen molar-refractivity contribution in [1.29, 1.82) is 0 Å². The van der Waals surface area contributed by atoms with Gasteiger partial charge in [0.2, 0.25) is 0 Å². The lowest BCUT2D eigenvalue weighted by molar-refractivity contribution is -0.141. The van der Waals surface area contributed by atoms with E-state index in [0.717, 1.165) is 36.0 Å². The first-order valence-corrected chi connectivity index (χ1v) is 10.7. The average molecular weight is 464 g/mol. The number of halogens is 3. The van der Waals surface area contributed by atoms with Gasteiger partial charge in [0, 0.05) is 35.6 Å². The normalized spacial score (nSPS) is 15.7. The maximum Gasteiger partial charge on any atom is 0.433 e. The van der Waals surface area contributed by atoms with Gasteiger partial charge in [-0.1, -0.05) is 27.2 Å². The Balaban J connectivity index is 2.07. The van der Waals surface area contributed by atoms with Crippen molar-refractivity contribution in [1.82, 2.24) is 20.1 Å². The molecule has 0 saturated heterocycles. The van der Waals surface area contributed by atoms with E-state index in [1.165, 1.54) is 11.1 Å². The summed E-state index contributed by atoms with van der Waals surface area (Å²) in [5, 5.41) is 7.39. The number of aromatic amines is 1. The molecule has 3 rings (SSSR count). The van der Waals surface area contributed by atoms with Crippen LogP contribution in [0.25, 0.3) is 5.57 Å². The number of H-pyrrole nitrogens is 1. The van der Waals surface area contributed by atoms with Gasteiger partial charge in [0.05, 0.1) is 11.7 Å². The molecule has 0 bridgehead atoms. The molecule has 0 fully saturated rings. The van der Waals surface area contributed by atoms with Gasteiger partial charge in [-0.15, -0.1) is 0 Å². The summed E-state index contributed by atoms with van der Waals surface area (Å²) in [6.45, 7) is 9.48. The van der Waals surface area contributed by atoms with Gasteiger partial charge in [-0.2, -0.15) is 18.3 Å². The minimum absolute atomic E-state index is 0.0264. The largest absolute Gasteiger partial charge is 0.459 e. The van der Waals surface area contributed by atoms with Crippen molar-refractivity contribution in [2.24, 2.45) is 0 Å². The van der Waals surface area contributed by atoms with Gasteiger partial charge in [-0.05, 0) is 32.4 Å². The smallest absolute Gasteiger partial charge is 0.433 e. The number of pyridine rings is 1. The second-order valence-corrected chi connectivity index (χ2v) is 8.92. The van der Waals surface area contributed by atoms with Crippen LogP contribution in [-0.4, -0.2) is 44.6 Å². The van der Waals surface area contributed by atoms with Crippen LogP contribution in [0.15, 0.2) is 24.5 Å². The molecular formula is C23H27F3N4O3. The SMILES string of the molecule is CCCc1[nH]nc2c1C(C)(C)CN(C(=O)c1ccc(C(F)(F)F)nc1)C=C2C(=O)OC(C)C. The molecule has 7 nitrogen and oxygen atoms in total. The van der Waals surface area contributed by atoms with Crippen molar-refractivity contribution in [2.45, 2.75) is 65.2 Å². The average Bonchev–Trinajstić information content (AvgIpc) is 3.08. The highest BCUT2D eigenvalue weighted by Crippen LogP contribution is 2.37. The Morgan fingerprint density at radius 1 is 1.27 bits per heavy atom. The maximum absolute atomic E-state index is 13.3. The van der Waals surface area contributed by atoms with E-state index in [0.29, 0.717) is 12.1 Å². The van der Waals surface area contributed by atoms with E-state index in [1.807, 2.05) is 20.8 Å². The van der Waals surface area contributed by atoms with Gasteiger partial charge in [0.25, 0.3) is 5.91 Å². The number of aryl methyl sites for hydroxylation is 1. The lowest BCUT2D eigenvalue weighted by Crippen LogP contribution is -2.37. The molecular weight excluding hydrogens is 437 g/mol. The Morgan fingerprint density at radius 3 is 2.52 bits per heavy atom. The topological polar surface area (TPSA) is 88.2 Å². The highest BCUT2D eigenvalue weighted by molar-refractivity contribution is 6.17. The quantitative estimate of drug-likeness (QED) is 0.659. The highest BCUT2D eigenvalue weighted by Gasteiger charge is 2.39. The standard InChI is InChI=1S/C23H27F3N4O3/c1-6-7-16-18-19(29-28-16)15(21(32)33-13(2)3)11-30(12-22(18,4)5)20(31)14-8-9-17(27-10-14)23(24,25)26/h8-11,13H,6-7,12H2,1-5H3,(H,28,29). The van der Waals surface area contributed by atoms with Crippen LogP contribution < -0.4 is 0 Å². The van der Waals surface area contributed by atoms with Crippen LogP contribution in [0, 0.1) is 0 Å². The van der Waals surface area contributed by atoms with Crippen molar-refractivity contribution >= 4 is 17.4 Å². The number of esters is 1. The summed E-state index contributed by atoms with van der Waals surface area (Å²) in [5.74, 6) is -1.22. The number of ether oxygens (including phenoxy) is 1. The Labute approximate surface area is 190 Å². The number of alkyl halides is 3. The summed E-state index contributed by atoms with van der Waals surface area (Å²) in [5.41, 5.74) is 0.477. The van der Waals surface area contributed by atoms with Crippen molar-refractivity contribution in [3.63, 3.8) is 0 Å². The number of hydrogen-bond acceptors (Lipinski definition) is 5. The van der Waals surface area contributed by atoms with E-state index in [-0.39, 0.29) is 17.7 Å². The van der Waals surface area contributed by atoms with Crippen LogP contribution in [-0.2, 0) is 27.5 Å². The molecule has 0 atom stereocenters. The Morgan fingerprint density at radius 2 is 1.97 bits per heavy atom. The van der Waals surface area contributed by atoms with Crippen LogP contribution in [0.3, 0.4) is 0 Å². The van der Waals surface area contributed by atoms with Gasteiger partial charge in [-0.3, -0.25) is 14.9 Å². The monoisotopic (exact) mass is 464 g/mol. The molecule has 0 unspecified atom stereocenters. The fourth-order valence-electron chi connectivity index (χ4n) is 3.91. The summed E-state index contributed by atoms with van der Waals surface area (Å²) in [6, 6.07) is 1.84. The first kappa shape index (κ1) is 24.5. The molecule has 1 N–H and O–H groups in total. The van der Waals surface area contributed by atoms with Gasteiger partial charge in [-0.25, -0.2) is 4.79 Å². The van der Waals surface area contributed by atoms with E-state index in [4.69, 9.17) is 4.74 Å². The summed E-state index contributed by atoms with van der Waals surface area (Å²) in [6.07, 6.45) is -1.19. The molecule has 178 valence electrons. The molecule has 33 heavy (non-hydrogen) atoms. The third kappa shape index (κ3) is 5.09. The molecule has 1 aliphatic rings. The van der Waals surface area contributed by atoms with Crippen LogP contribution in [0.4, 0.5) is 13.2 Å². The van der Waals surface area contributed by atoms with Crippen LogP contribution in [0.1, 0.15) is 74.0 Å². The van der Waals surface area contributed by atoms with Crippen molar-refractivity contribution in [3.05, 3.63) is 52.7 Å². The van der Waals surface area contributed by atoms with Crippen molar-refractivity contribution in [2.75, 3.05) is 6.54 Å². The van der Waals surface area contributed by atoms with E-state index in [1.54, 1.807) is 13.8 Å². The summed E-state index contributed by atoms with van der Waals surface area (Å²) in [4.78, 5) is 30.9. The molecule has 0 radical (unpaired) electrons. The van der Waals surface area contributed by atoms with Gasteiger partial charge < -0.3 is 9.64 Å². The zero-order chi connectivity index (χ0) is 24.6. The molecule has 0 saturated carbocycles. The number of nitrogens with one attached hydrogen (secondary N) is 1. The minimum atomic E-state index is -4.61. The first-order chi connectivity index (χ1) is 15.3. The molecule has 1 aliphatic heterocycles. The number of carbonyl (C=O) groups is 2. The zero-order valence-corrected chi connectivity index (χ0v) is 19.2. The molecule has 0 aliphatic carbocycles. The molecule has 0 aromatic carbocycles. The molecule has 0 spiro atoms. The molecule has 2 aromatic heterocycles. The molecule has 3 heterocycles. The number of fused-ring (bicyclic) bond motifs is 1. The summed E-state index contributed by atoms with van der Waals surface area (Å²) >= 11 is 0. The van der Waals surface area contributed by atoms with E-state index < -0.39 is 35.3 Å². The second-order valence-electron chi connectivity index (χ2n) is 8.92. The van der Waals surface area contributed by atoms with Crippen LogP contribution in [0.5, 0.6) is 0 Å². The van der Waals surface area contributed by atoms with Crippen LogP contribution >= 0.6 is 0 Å². The zero-order valence-electron chi connectivity index (χ0n) is 19.2. The van der Waals surface area contributed by atoms with Crippen molar-refractivity contribution < 1.29 is 27.5 Å². The molecule has 10 heteroatoms. The maximum atomic E-state index is 13.3. The third-order valence-electron chi connectivity index (χ3n) is 5.25. The second kappa shape index (κ2) is 8.99. The summed E-state index contributed by atoms with van der Waals surface area (Å²) in [7, 11) is 0. The fraction of sp³-hybridized carbons (Fsp3) is 0.478. The predicted molar refractivity (Wildman–Crippen MR) is 115 cm³/mol. The summed E-state index contributed by atoms with van der Waals surface area (Å²) < 4.78 is 44.0. The van der Waals surface area contributed by atoms with Crippen molar-refractivity contribution in [3.8, 4) is 0 Å². The fourth-order valence-corrected chi connectivity index (χ4v) is 3.91. The van der Waals surface area contributed by atoms with Gasteiger partial charge in [0.15, 0.2) is 0 Å². The van der Waals surface area contributed by atoms with E-state index in [9.17, 15) is 22.8 Å². The molecule has 2 aromatic rings. The van der Waals surface area contributed by atoms with E-state index in [2.05, 4.69) is 15.2 Å². The predicted octanol–water partition coefficient (Wildman–Crippen LogP) is 4.50. The highest BCUT2D eigenvalue weighted by atomic mass is 19.4. The number of carbonyl (C=O) groups excluding carboxylic acids is 2. The Hall–Kier alpha value is -3.17. The third-order valence-corrected chi connectivity index (χ3v) is 5.25. The lowest BCUT2D eigenvalue weighted by atomic mass is 9.81. The number of amides is 1. The first-order valence-electron chi connectivity index (χ1n) is 10.7. The lowest BCUT2D eigenvalue weighted by Gasteiger charge is -2.30. The minimum Gasteiger partial charge on any atom is -0.459 e. The van der Waals surface area contributed by atoms with Crippen LogP contribution in [0.2, 0.25) is 0 Å². The Bertz CT molecular complexity index is 1070. The van der Waals surface area contributed by atoms with Gasteiger partial charge >= 0.3 is 12.1 Å². The Kier molecular flexibility index (Phi) is 6.67. The number of aromatic nitrogens is 3. The van der Waals surface area contributed by atoms with E-state index >= 15 is 0 Å². The number of hydrogen-bond donors (Lipinski definition) is 1.